The van der Waals surface area contributed by atoms with Crippen molar-refractivity contribution in [2.45, 2.75) is 27.2 Å². The van der Waals surface area contributed by atoms with E-state index in [4.69, 9.17) is 0 Å². The molecule has 0 aliphatic heterocycles. The molecule has 0 rings (SSSR count). The molecule has 0 atom stereocenters. The topological polar surface area (TPSA) is 12.0 Å². The lowest BCUT2D eigenvalue weighted by Crippen LogP contribution is -2.15. The van der Waals surface area contributed by atoms with Crippen LogP contribution in [0.4, 0.5) is 0 Å². The Hall–Kier alpha value is 0.250. The molecule has 0 aromatic rings. The van der Waals surface area contributed by atoms with Gasteiger partial charge in [-0.1, -0.05) is 20.8 Å². The third kappa shape index (κ3) is 11.7. The maximum absolute atomic E-state index is 3.28. The molecule has 0 unspecified atom stereocenters. The van der Waals surface area contributed by atoms with Crippen molar-refractivity contribution >= 4 is 12.4 Å². The Morgan fingerprint density at radius 3 is 2.22 bits per heavy atom. The molecule has 0 aromatic carbocycles. The first-order valence-corrected chi connectivity index (χ1v) is 3.48. The summed E-state index contributed by atoms with van der Waals surface area (Å²) in [6.45, 7) is 8.91. The molecule has 0 amide bonds. The van der Waals surface area contributed by atoms with Gasteiger partial charge in [-0.15, -0.1) is 12.4 Å². The molecule has 0 saturated carbocycles. The minimum Gasteiger partial charge on any atom is -0.317 e. The standard InChI is InChI=1S/C7H17N.ClH/c1-4-8-6-5-7(2)3;/h7-8H,4-6H2,1-3H3;1H. The second-order valence-corrected chi connectivity index (χ2v) is 2.54. The van der Waals surface area contributed by atoms with Crippen LogP contribution in [0.3, 0.4) is 0 Å². The molecule has 1 N–H and O–H groups in total. The van der Waals surface area contributed by atoms with E-state index < -0.39 is 0 Å². The normalized spacial score (nSPS) is 9.33. The highest BCUT2D eigenvalue weighted by atomic mass is 35.5. The lowest BCUT2D eigenvalue weighted by Gasteiger charge is -2.02. The van der Waals surface area contributed by atoms with Crippen molar-refractivity contribution < 1.29 is 0 Å². The maximum Gasteiger partial charge on any atom is -0.00466 e. The van der Waals surface area contributed by atoms with Crippen molar-refractivity contribution in [3.63, 3.8) is 0 Å². The Labute approximate surface area is 64.6 Å². The van der Waals surface area contributed by atoms with Gasteiger partial charge < -0.3 is 5.32 Å². The Kier molecular flexibility index (Phi) is 11.0. The summed E-state index contributed by atoms with van der Waals surface area (Å²) in [7, 11) is 0. The number of hydrogen-bond donors (Lipinski definition) is 1. The van der Waals surface area contributed by atoms with E-state index in [0.717, 1.165) is 12.5 Å². The number of halogens is 1. The van der Waals surface area contributed by atoms with Gasteiger partial charge in [0.2, 0.25) is 0 Å². The van der Waals surface area contributed by atoms with Gasteiger partial charge in [0.1, 0.15) is 0 Å². The molecule has 0 aromatic heterocycles. The first-order valence-electron chi connectivity index (χ1n) is 3.48. The highest BCUT2D eigenvalue weighted by Crippen LogP contribution is 1.95. The van der Waals surface area contributed by atoms with Gasteiger partial charge in [-0.3, -0.25) is 0 Å². The van der Waals surface area contributed by atoms with Crippen LogP contribution in [-0.2, 0) is 0 Å². The molecule has 0 aliphatic carbocycles. The molecule has 0 heterocycles. The van der Waals surface area contributed by atoms with Gasteiger partial charge >= 0.3 is 0 Å². The number of nitrogens with one attached hydrogen (secondary N) is 1. The second-order valence-electron chi connectivity index (χ2n) is 2.54. The summed E-state index contributed by atoms with van der Waals surface area (Å²) in [5.74, 6) is 0.842. The van der Waals surface area contributed by atoms with E-state index in [-0.39, 0.29) is 12.4 Å². The van der Waals surface area contributed by atoms with Crippen molar-refractivity contribution in [1.82, 2.24) is 5.32 Å². The maximum atomic E-state index is 3.28. The molecular formula is C7H18ClN. The van der Waals surface area contributed by atoms with Crippen molar-refractivity contribution in [3.05, 3.63) is 0 Å². The van der Waals surface area contributed by atoms with Gasteiger partial charge in [0, 0.05) is 0 Å². The van der Waals surface area contributed by atoms with Crippen LogP contribution in [0.25, 0.3) is 0 Å². The third-order valence-electron chi connectivity index (χ3n) is 1.15. The van der Waals surface area contributed by atoms with Crippen molar-refractivity contribution in [2.75, 3.05) is 13.1 Å². The molecule has 1 nitrogen and oxygen atoms in total. The molecule has 9 heavy (non-hydrogen) atoms. The van der Waals surface area contributed by atoms with Gasteiger partial charge in [0.25, 0.3) is 0 Å². The zero-order valence-corrected chi connectivity index (χ0v) is 7.42. The Balaban J connectivity index is 0. The highest BCUT2D eigenvalue weighted by Gasteiger charge is 1.89. The zero-order chi connectivity index (χ0) is 6.41. The summed E-state index contributed by atoms with van der Waals surface area (Å²) in [6, 6.07) is 0. The largest absolute Gasteiger partial charge is 0.317 e. The molecule has 0 bridgehead atoms. The predicted molar refractivity (Wildman–Crippen MR) is 45.2 cm³/mol. The van der Waals surface area contributed by atoms with Crippen LogP contribution in [0.5, 0.6) is 0 Å². The van der Waals surface area contributed by atoms with Crippen LogP contribution in [-0.4, -0.2) is 13.1 Å². The van der Waals surface area contributed by atoms with Crippen LogP contribution in [0.1, 0.15) is 27.2 Å². The molecular weight excluding hydrogens is 134 g/mol. The summed E-state index contributed by atoms with van der Waals surface area (Å²) in [6.07, 6.45) is 1.30. The van der Waals surface area contributed by atoms with Crippen molar-refractivity contribution in [3.8, 4) is 0 Å². The van der Waals surface area contributed by atoms with E-state index >= 15 is 0 Å². The molecule has 0 spiro atoms. The number of rotatable bonds is 4. The third-order valence-corrected chi connectivity index (χ3v) is 1.15. The van der Waals surface area contributed by atoms with Gasteiger partial charge in [-0.25, -0.2) is 0 Å². The molecule has 0 fully saturated rings. The Bertz CT molecular complexity index is 46.2. The van der Waals surface area contributed by atoms with Crippen LogP contribution < -0.4 is 5.32 Å². The number of hydrogen-bond acceptors (Lipinski definition) is 1. The Morgan fingerprint density at radius 2 is 1.89 bits per heavy atom. The van der Waals surface area contributed by atoms with Crippen LogP contribution in [0.15, 0.2) is 0 Å². The lowest BCUT2D eigenvalue weighted by molar-refractivity contribution is 0.546. The quantitative estimate of drug-likeness (QED) is 0.607. The first kappa shape index (κ1) is 12.0. The summed E-state index contributed by atoms with van der Waals surface area (Å²) in [5, 5.41) is 3.28. The summed E-state index contributed by atoms with van der Waals surface area (Å²) >= 11 is 0. The smallest absolute Gasteiger partial charge is 0.00466 e. The van der Waals surface area contributed by atoms with Crippen LogP contribution in [0, 0.1) is 5.92 Å². The van der Waals surface area contributed by atoms with E-state index in [9.17, 15) is 0 Å². The predicted octanol–water partition coefficient (Wildman–Crippen LogP) is 2.06. The lowest BCUT2D eigenvalue weighted by atomic mass is 10.1. The van der Waals surface area contributed by atoms with E-state index in [2.05, 4.69) is 26.1 Å². The Morgan fingerprint density at radius 1 is 1.33 bits per heavy atom. The van der Waals surface area contributed by atoms with Crippen molar-refractivity contribution in [2.24, 2.45) is 5.92 Å². The second kappa shape index (κ2) is 8.25. The summed E-state index contributed by atoms with van der Waals surface area (Å²) in [5.41, 5.74) is 0. The average Bonchev–Trinajstić information content (AvgIpc) is 1.66. The van der Waals surface area contributed by atoms with Gasteiger partial charge in [-0.05, 0) is 25.4 Å². The van der Waals surface area contributed by atoms with Gasteiger partial charge in [0.05, 0.1) is 0 Å². The van der Waals surface area contributed by atoms with Gasteiger partial charge in [0.15, 0.2) is 0 Å². The van der Waals surface area contributed by atoms with Gasteiger partial charge in [-0.2, -0.15) is 0 Å². The fraction of sp³-hybridized carbons (Fsp3) is 1.00. The molecule has 2 heteroatoms. The fourth-order valence-electron chi connectivity index (χ4n) is 0.568. The summed E-state index contributed by atoms with van der Waals surface area (Å²) in [4.78, 5) is 0. The monoisotopic (exact) mass is 151 g/mol. The molecule has 58 valence electrons. The molecule has 0 radical (unpaired) electrons. The van der Waals surface area contributed by atoms with E-state index in [0.29, 0.717) is 0 Å². The zero-order valence-electron chi connectivity index (χ0n) is 6.61. The van der Waals surface area contributed by atoms with E-state index in [1.165, 1.54) is 13.0 Å². The minimum atomic E-state index is 0. The van der Waals surface area contributed by atoms with Crippen molar-refractivity contribution in [1.29, 1.82) is 0 Å². The summed E-state index contributed by atoms with van der Waals surface area (Å²) < 4.78 is 0. The fourth-order valence-corrected chi connectivity index (χ4v) is 0.568. The van der Waals surface area contributed by atoms with Crippen LogP contribution in [0.2, 0.25) is 0 Å². The first-order chi connectivity index (χ1) is 3.77. The molecule has 0 aliphatic rings. The SMILES string of the molecule is CCNCCC(C)C.Cl. The average molecular weight is 152 g/mol. The minimum absolute atomic E-state index is 0. The highest BCUT2D eigenvalue weighted by molar-refractivity contribution is 5.85. The van der Waals surface area contributed by atoms with E-state index in [1.54, 1.807) is 0 Å². The molecule has 0 saturated heterocycles. The van der Waals surface area contributed by atoms with E-state index in [1.807, 2.05) is 0 Å². The van der Waals surface area contributed by atoms with Crippen LogP contribution >= 0.6 is 12.4 Å².